The van der Waals surface area contributed by atoms with Crippen LogP contribution in [0, 0.1) is 0 Å². The Morgan fingerprint density at radius 3 is 2.50 bits per heavy atom. The van der Waals surface area contributed by atoms with E-state index >= 15 is 0 Å². The summed E-state index contributed by atoms with van der Waals surface area (Å²) in [6.45, 7) is 0.450. The molecule has 5 nitrogen and oxygen atoms in total. The lowest BCUT2D eigenvalue weighted by atomic mass is 9.87. The predicted octanol–water partition coefficient (Wildman–Crippen LogP) is 3.20. The SMILES string of the molecule is O=C(OC1CC(N2CCCC2C(F)(F)F)C1)c1ccc(NO)cc1. The van der Waals surface area contributed by atoms with Gasteiger partial charge in [-0.25, -0.2) is 4.79 Å². The Labute approximate surface area is 137 Å². The normalized spacial score (nSPS) is 27.6. The van der Waals surface area contributed by atoms with Crippen molar-refractivity contribution < 1.29 is 27.9 Å². The van der Waals surface area contributed by atoms with Gasteiger partial charge in [0.25, 0.3) is 0 Å². The van der Waals surface area contributed by atoms with Crippen molar-refractivity contribution in [1.29, 1.82) is 0 Å². The van der Waals surface area contributed by atoms with Gasteiger partial charge in [0.15, 0.2) is 0 Å². The second-order valence-corrected chi connectivity index (χ2v) is 6.28. The van der Waals surface area contributed by atoms with Crippen LogP contribution in [-0.2, 0) is 4.74 Å². The summed E-state index contributed by atoms with van der Waals surface area (Å²) in [5, 5.41) is 8.72. The zero-order chi connectivity index (χ0) is 17.3. The van der Waals surface area contributed by atoms with Crippen molar-refractivity contribution in [2.45, 2.75) is 50.0 Å². The number of nitrogens with one attached hydrogen (secondary N) is 1. The second kappa shape index (κ2) is 6.60. The van der Waals surface area contributed by atoms with Gasteiger partial charge in [-0.15, -0.1) is 0 Å². The summed E-state index contributed by atoms with van der Waals surface area (Å²) in [6.07, 6.45) is -2.96. The number of alkyl halides is 3. The standard InChI is InChI=1S/C16H19F3N2O3/c17-16(18,19)14-2-1-7-21(14)12-8-13(9-12)24-15(22)10-3-5-11(20-23)6-4-10/h3-6,12-14,20,23H,1-2,7-9H2. The summed E-state index contributed by atoms with van der Waals surface area (Å²) in [6, 6.07) is 4.54. The minimum atomic E-state index is -4.19. The molecule has 3 rings (SSSR count). The maximum Gasteiger partial charge on any atom is 0.404 e. The second-order valence-electron chi connectivity index (χ2n) is 6.28. The number of carbonyl (C=O) groups excluding carboxylic acids is 1. The molecule has 0 spiro atoms. The summed E-state index contributed by atoms with van der Waals surface area (Å²) in [5.74, 6) is -0.503. The molecule has 1 aromatic rings. The van der Waals surface area contributed by atoms with Gasteiger partial charge in [-0.05, 0) is 43.7 Å². The number of ether oxygens (including phenoxy) is 1. The maximum atomic E-state index is 13.0. The minimum absolute atomic E-state index is 0.149. The van der Waals surface area contributed by atoms with Crippen LogP contribution in [0.15, 0.2) is 24.3 Å². The van der Waals surface area contributed by atoms with Gasteiger partial charge < -0.3 is 4.74 Å². The van der Waals surface area contributed by atoms with E-state index < -0.39 is 18.2 Å². The molecule has 132 valence electrons. The van der Waals surface area contributed by atoms with Crippen molar-refractivity contribution in [3.63, 3.8) is 0 Å². The molecule has 1 aromatic carbocycles. The first-order chi connectivity index (χ1) is 11.4. The average Bonchev–Trinajstić information content (AvgIpc) is 2.99. The fourth-order valence-electron chi connectivity index (χ4n) is 3.38. The summed E-state index contributed by atoms with van der Waals surface area (Å²) in [4.78, 5) is 13.5. The van der Waals surface area contributed by atoms with Crippen molar-refractivity contribution in [3.05, 3.63) is 29.8 Å². The van der Waals surface area contributed by atoms with Crippen molar-refractivity contribution in [3.8, 4) is 0 Å². The number of benzene rings is 1. The van der Waals surface area contributed by atoms with E-state index in [0.717, 1.165) is 0 Å². The van der Waals surface area contributed by atoms with Crippen molar-refractivity contribution >= 4 is 11.7 Å². The van der Waals surface area contributed by atoms with Crippen LogP contribution in [0.2, 0.25) is 0 Å². The first-order valence-electron chi connectivity index (χ1n) is 7.92. The average molecular weight is 344 g/mol. The third-order valence-electron chi connectivity index (χ3n) is 4.73. The number of carbonyl (C=O) groups is 1. The highest BCUT2D eigenvalue weighted by atomic mass is 19.4. The van der Waals surface area contributed by atoms with Gasteiger partial charge in [0.05, 0.1) is 11.3 Å². The van der Waals surface area contributed by atoms with E-state index in [1.807, 2.05) is 5.48 Å². The lowest BCUT2D eigenvalue weighted by molar-refractivity contribution is -0.188. The number of likely N-dealkylation sites (tertiary alicyclic amines) is 1. The number of halogens is 3. The van der Waals surface area contributed by atoms with Crippen LogP contribution >= 0.6 is 0 Å². The van der Waals surface area contributed by atoms with Crippen molar-refractivity contribution in [2.75, 3.05) is 12.0 Å². The van der Waals surface area contributed by atoms with Gasteiger partial charge in [-0.3, -0.25) is 15.6 Å². The van der Waals surface area contributed by atoms with Crippen LogP contribution < -0.4 is 5.48 Å². The number of anilines is 1. The molecule has 1 saturated heterocycles. The van der Waals surface area contributed by atoms with Crippen LogP contribution in [0.3, 0.4) is 0 Å². The summed E-state index contributed by atoms with van der Waals surface area (Å²) >= 11 is 0. The number of rotatable bonds is 4. The van der Waals surface area contributed by atoms with Gasteiger partial charge in [-0.1, -0.05) is 0 Å². The smallest absolute Gasteiger partial charge is 0.404 e. The van der Waals surface area contributed by atoms with Crippen LogP contribution in [0.5, 0.6) is 0 Å². The highest BCUT2D eigenvalue weighted by molar-refractivity contribution is 5.89. The zero-order valence-corrected chi connectivity index (χ0v) is 12.9. The lowest BCUT2D eigenvalue weighted by Crippen LogP contribution is -2.54. The fourth-order valence-corrected chi connectivity index (χ4v) is 3.38. The molecule has 0 radical (unpaired) electrons. The molecule has 2 N–H and O–H groups in total. The lowest BCUT2D eigenvalue weighted by Gasteiger charge is -2.43. The van der Waals surface area contributed by atoms with Gasteiger partial charge in [0.1, 0.15) is 12.1 Å². The molecule has 2 fully saturated rings. The van der Waals surface area contributed by atoms with E-state index in [-0.39, 0.29) is 18.6 Å². The molecule has 1 atom stereocenters. The Morgan fingerprint density at radius 1 is 1.25 bits per heavy atom. The molecule has 1 aliphatic heterocycles. The summed E-state index contributed by atoms with van der Waals surface area (Å²) < 4.78 is 44.2. The van der Waals surface area contributed by atoms with Crippen LogP contribution in [0.25, 0.3) is 0 Å². The number of esters is 1. The van der Waals surface area contributed by atoms with E-state index in [4.69, 9.17) is 9.94 Å². The van der Waals surface area contributed by atoms with Crippen LogP contribution in [-0.4, -0.2) is 47.0 Å². The Kier molecular flexibility index (Phi) is 4.69. The van der Waals surface area contributed by atoms with E-state index in [2.05, 4.69) is 0 Å². The van der Waals surface area contributed by atoms with Gasteiger partial charge in [0, 0.05) is 18.9 Å². The molecular formula is C16H19F3N2O3. The Bertz CT molecular complexity index is 585. The zero-order valence-electron chi connectivity index (χ0n) is 12.9. The number of hydrogen-bond donors (Lipinski definition) is 2. The fraction of sp³-hybridized carbons (Fsp3) is 0.562. The first kappa shape index (κ1) is 17.0. The molecule has 0 aromatic heterocycles. The molecule has 24 heavy (non-hydrogen) atoms. The third kappa shape index (κ3) is 3.49. The highest BCUT2D eigenvalue weighted by Gasteiger charge is 2.50. The molecule has 1 unspecified atom stereocenters. The Morgan fingerprint density at radius 2 is 1.92 bits per heavy atom. The molecular weight excluding hydrogens is 325 g/mol. The molecule has 0 bridgehead atoms. The van der Waals surface area contributed by atoms with E-state index in [1.54, 1.807) is 0 Å². The minimum Gasteiger partial charge on any atom is -0.459 e. The number of nitrogens with zero attached hydrogens (tertiary/aromatic N) is 1. The van der Waals surface area contributed by atoms with E-state index in [1.165, 1.54) is 29.2 Å². The van der Waals surface area contributed by atoms with Crippen LogP contribution in [0.4, 0.5) is 18.9 Å². The summed E-state index contributed by atoms with van der Waals surface area (Å²) in [5.41, 5.74) is 2.75. The molecule has 1 heterocycles. The predicted molar refractivity (Wildman–Crippen MR) is 79.9 cm³/mol. The molecule has 2 aliphatic rings. The van der Waals surface area contributed by atoms with E-state index in [0.29, 0.717) is 37.1 Å². The molecule has 1 aliphatic carbocycles. The van der Waals surface area contributed by atoms with Crippen LogP contribution in [0.1, 0.15) is 36.0 Å². The van der Waals surface area contributed by atoms with Gasteiger partial charge in [-0.2, -0.15) is 13.2 Å². The molecule has 1 saturated carbocycles. The number of hydrogen-bond acceptors (Lipinski definition) is 5. The first-order valence-corrected chi connectivity index (χ1v) is 7.92. The highest BCUT2D eigenvalue weighted by Crippen LogP contribution is 2.39. The summed E-state index contributed by atoms with van der Waals surface area (Å²) in [7, 11) is 0. The largest absolute Gasteiger partial charge is 0.459 e. The van der Waals surface area contributed by atoms with Crippen molar-refractivity contribution in [2.24, 2.45) is 0 Å². The van der Waals surface area contributed by atoms with Gasteiger partial charge >= 0.3 is 12.1 Å². The molecule has 0 amide bonds. The Hall–Kier alpha value is -1.80. The topological polar surface area (TPSA) is 61.8 Å². The Balaban J connectivity index is 1.50. The molecule has 8 heteroatoms. The monoisotopic (exact) mass is 344 g/mol. The third-order valence-corrected chi connectivity index (χ3v) is 4.73. The quantitative estimate of drug-likeness (QED) is 0.649. The van der Waals surface area contributed by atoms with Gasteiger partial charge in [0.2, 0.25) is 0 Å². The van der Waals surface area contributed by atoms with E-state index in [9.17, 15) is 18.0 Å². The maximum absolute atomic E-state index is 13.0. The van der Waals surface area contributed by atoms with Crippen molar-refractivity contribution in [1.82, 2.24) is 4.90 Å².